The highest BCUT2D eigenvalue weighted by atomic mass is 79.9. The first-order chi connectivity index (χ1) is 7.71. The van der Waals surface area contributed by atoms with E-state index in [0.29, 0.717) is 6.04 Å². The highest BCUT2D eigenvalue weighted by molar-refractivity contribution is 9.10. The van der Waals surface area contributed by atoms with Crippen LogP contribution in [0, 0.1) is 0 Å². The molecule has 0 unspecified atom stereocenters. The summed E-state index contributed by atoms with van der Waals surface area (Å²) < 4.78 is 6.35. The summed E-state index contributed by atoms with van der Waals surface area (Å²) >= 11 is 3.56. The summed E-state index contributed by atoms with van der Waals surface area (Å²) in [5.41, 5.74) is 1.24. The molecule has 16 heavy (non-hydrogen) atoms. The largest absolute Gasteiger partial charge is 0.497 e. The highest BCUT2D eigenvalue weighted by Crippen LogP contribution is 2.22. The standard InChI is InChI=1S/C13H20BrNO/c1-4-11(5-2)15-9-10-8-12(16-3)6-7-13(10)14/h6-8,11,15H,4-5,9H2,1-3H3. The Morgan fingerprint density at radius 2 is 2.00 bits per heavy atom. The Kier molecular flexibility index (Phi) is 5.85. The van der Waals surface area contributed by atoms with Gasteiger partial charge in [0.2, 0.25) is 0 Å². The van der Waals surface area contributed by atoms with Gasteiger partial charge in [0.15, 0.2) is 0 Å². The molecule has 1 aromatic rings. The molecule has 0 heterocycles. The summed E-state index contributed by atoms with van der Waals surface area (Å²) in [4.78, 5) is 0. The molecule has 0 aliphatic rings. The van der Waals surface area contributed by atoms with E-state index < -0.39 is 0 Å². The highest BCUT2D eigenvalue weighted by Gasteiger charge is 2.05. The summed E-state index contributed by atoms with van der Waals surface area (Å²) in [7, 11) is 1.70. The van der Waals surface area contributed by atoms with Crippen molar-refractivity contribution in [3.63, 3.8) is 0 Å². The van der Waals surface area contributed by atoms with Gasteiger partial charge in [-0.3, -0.25) is 0 Å². The van der Waals surface area contributed by atoms with Crippen molar-refractivity contribution < 1.29 is 4.74 Å². The average Bonchev–Trinajstić information content (AvgIpc) is 2.32. The lowest BCUT2D eigenvalue weighted by Crippen LogP contribution is -2.27. The van der Waals surface area contributed by atoms with Gasteiger partial charge in [-0.25, -0.2) is 0 Å². The number of halogens is 1. The fraction of sp³-hybridized carbons (Fsp3) is 0.538. The van der Waals surface area contributed by atoms with Crippen LogP contribution in [0.3, 0.4) is 0 Å². The summed E-state index contributed by atoms with van der Waals surface area (Å²) in [5, 5.41) is 3.54. The van der Waals surface area contributed by atoms with Crippen molar-refractivity contribution in [2.24, 2.45) is 0 Å². The van der Waals surface area contributed by atoms with E-state index in [9.17, 15) is 0 Å². The molecule has 0 saturated carbocycles. The molecule has 90 valence electrons. The van der Waals surface area contributed by atoms with Crippen LogP contribution in [0.2, 0.25) is 0 Å². The quantitative estimate of drug-likeness (QED) is 0.860. The second kappa shape index (κ2) is 6.92. The van der Waals surface area contributed by atoms with Crippen molar-refractivity contribution in [1.82, 2.24) is 5.32 Å². The Balaban J connectivity index is 2.65. The third-order valence-electron chi connectivity index (χ3n) is 2.82. The average molecular weight is 286 g/mol. The van der Waals surface area contributed by atoms with Crippen LogP contribution in [0.15, 0.2) is 22.7 Å². The predicted molar refractivity (Wildman–Crippen MR) is 71.9 cm³/mol. The molecule has 0 atom stereocenters. The molecule has 1 N–H and O–H groups in total. The fourth-order valence-electron chi connectivity index (χ4n) is 1.65. The third-order valence-corrected chi connectivity index (χ3v) is 3.59. The summed E-state index contributed by atoms with van der Waals surface area (Å²) in [6.07, 6.45) is 2.33. The third kappa shape index (κ3) is 3.80. The molecule has 0 bridgehead atoms. The van der Waals surface area contributed by atoms with E-state index in [0.717, 1.165) is 29.6 Å². The second-order valence-corrected chi connectivity index (χ2v) is 4.71. The van der Waals surface area contributed by atoms with Crippen LogP contribution in [0.4, 0.5) is 0 Å². The van der Waals surface area contributed by atoms with Crippen LogP contribution in [0.25, 0.3) is 0 Å². The Morgan fingerprint density at radius 1 is 1.31 bits per heavy atom. The Bertz CT molecular complexity index is 324. The number of benzene rings is 1. The van der Waals surface area contributed by atoms with Gasteiger partial charge in [-0.15, -0.1) is 0 Å². The van der Waals surface area contributed by atoms with Crippen molar-refractivity contribution in [2.75, 3.05) is 7.11 Å². The minimum Gasteiger partial charge on any atom is -0.497 e. The Hall–Kier alpha value is -0.540. The van der Waals surface area contributed by atoms with Crippen molar-refractivity contribution in [3.05, 3.63) is 28.2 Å². The first-order valence-corrected chi connectivity index (χ1v) is 6.56. The van der Waals surface area contributed by atoms with Gasteiger partial charge in [-0.2, -0.15) is 0 Å². The van der Waals surface area contributed by atoms with E-state index in [1.807, 2.05) is 12.1 Å². The molecule has 0 aromatic heterocycles. The number of ether oxygens (including phenoxy) is 1. The van der Waals surface area contributed by atoms with Crippen LogP contribution in [0.5, 0.6) is 5.75 Å². The van der Waals surface area contributed by atoms with Crippen LogP contribution in [-0.2, 0) is 6.54 Å². The Morgan fingerprint density at radius 3 is 2.56 bits per heavy atom. The number of methoxy groups -OCH3 is 1. The lowest BCUT2D eigenvalue weighted by atomic mass is 10.1. The van der Waals surface area contributed by atoms with E-state index in [1.54, 1.807) is 7.11 Å². The van der Waals surface area contributed by atoms with Crippen LogP contribution < -0.4 is 10.1 Å². The summed E-state index contributed by atoms with van der Waals surface area (Å²) in [5.74, 6) is 0.907. The Labute approximate surface area is 107 Å². The molecule has 0 saturated heterocycles. The first kappa shape index (κ1) is 13.5. The van der Waals surface area contributed by atoms with Gasteiger partial charge in [0.1, 0.15) is 5.75 Å². The zero-order chi connectivity index (χ0) is 12.0. The number of rotatable bonds is 6. The van der Waals surface area contributed by atoms with Gasteiger partial charge >= 0.3 is 0 Å². The topological polar surface area (TPSA) is 21.3 Å². The molecule has 0 aliphatic heterocycles. The maximum absolute atomic E-state index is 5.22. The lowest BCUT2D eigenvalue weighted by molar-refractivity contribution is 0.413. The minimum absolute atomic E-state index is 0.595. The van der Waals surface area contributed by atoms with E-state index in [4.69, 9.17) is 4.74 Å². The lowest BCUT2D eigenvalue weighted by Gasteiger charge is -2.15. The maximum Gasteiger partial charge on any atom is 0.119 e. The van der Waals surface area contributed by atoms with Crippen LogP contribution in [-0.4, -0.2) is 13.2 Å². The molecule has 1 aromatic carbocycles. The van der Waals surface area contributed by atoms with Crippen molar-refractivity contribution in [2.45, 2.75) is 39.3 Å². The van der Waals surface area contributed by atoms with Gasteiger partial charge in [-0.05, 0) is 36.6 Å². The second-order valence-electron chi connectivity index (χ2n) is 3.85. The van der Waals surface area contributed by atoms with E-state index in [-0.39, 0.29) is 0 Å². The van der Waals surface area contributed by atoms with Gasteiger partial charge in [0.25, 0.3) is 0 Å². The van der Waals surface area contributed by atoms with E-state index in [1.165, 1.54) is 5.56 Å². The molecule has 0 amide bonds. The molecule has 0 aliphatic carbocycles. The first-order valence-electron chi connectivity index (χ1n) is 5.77. The number of hydrogen-bond acceptors (Lipinski definition) is 2. The van der Waals surface area contributed by atoms with Gasteiger partial charge in [-0.1, -0.05) is 29.8 Å². The number of nitrogens with one attached hydrogen (secondary N) is 1. The molecule has 3 heteroatoms. The van der Waals surface area contributed by atoms with Crippen molar-refractivity contribution >= 4 is 15.9 Å². The SMILES string of the molecule is CCC(CC)NCc1cc(OC)ccc1Br. The summed E-state index contributed by atoms with van der Waals surface area (Å²) in [6.45, 7) is 5.30. The van der Waals surface area contributed by atoms with Crippen molar-refractivity contribution in [1.29, 1.82) is 0 Å². The van der Waals surface area contributed by atoms with Gasteiger partial charge in [0, 0.05) is 17.1 Å². The minimum atomic E-state index is 0.595. The van der Waals surface area contributed by atoms with E-state index >= 15 is 0 Å². The summed E-state index contributed by atoms with van der Waals surface area (Å²) in [6, 6.07) is 6.66. The van der Waals surface area contributed by atoms with Crippen LogP contribution >= 0.6 is 15.9 Å². The molecule has 2 nitrogen and oxygen atoms in total. The number of hydrogen-bond donors (Lipinski definition) is 1. The molecule has 1 rings (SSSR count). The molecular formula is C13H20BrNO. The zero-order valence-corrected chi connectivity index (χ0v) is 11.8. The van der Waals surface area contributed by atoms with Gasteiger partial charge in [0.05, 0.1) is 7.11 Å². The molecule has 0 radical (unpaired) electrons. The fourth-order valence-corrected chi connectivity index (χ4v) is 2.03. The normalized spacial score (nSPS) is 10.8. The predicted octanol–water partition coefficient (Wildman–Crippen LogP) is 3.74. The maximum atomic E-state index is 5.22. The van der Waals surface area contributed by atoms with Crippen LogP contribution in [0.1, 0.15) is 32.3 Å². The van der Waals surface area contributed by atoms with E-state index in [2.05, 4.69) is 41.2 Å². The molecular weight excluding hydrogens is 266 g/mol. The molecule has 0 fully saturated rings. The van der Waals surface area contributed by atoms with Gasteiger partial charge < -0.3 is 10.1 Å². The van der Waals surface area contributed by atoms with Crippen molar-refractivity contribution in [3.8, 4) is 5.75 Å². The zero-order valence-electron chi connectivity index (χ0n) is 10.2. The smallest absolute Gasteiger partial charge is 0.119 e. The molecule has 0 spiro atoms. The monoisotopic (exact) mass is 285 g/mol.